The highest BCUT2D eigenvalue weighted by Crippen LogP contribution is 2.30. The third kappa shape index (κ3) is 5.51. The Balaban J connectivity index is 2.22. The summed E-state index contributed by atoms with van der Waals surface area (Å²) in [6, 6.07) is 11.3. The van der Waals surface area contributed by atoms with Crippen LogP contribution in [0.5, 0.6) is 5.75 Å². The maximum Gasteiger partial charge on any atom is 0.241 e. The number of carbonyl (C=O) groups is 1. The zero-order valence-electron chi connectivity index (χ0n) is 15.1. The Kier molecular flexibility index (Phi) is 6.97. The van der Waals surface area contributed by atoms with Crippen LogP contribution < -0.4 is 14.4 Å². The Morgan fingerprint density at radius 2 is 1.89 bits per heavy atom. The van der Waals surface area contributed by atoms with Crippen molar-refractivity contribution >= 4 is 44.8 Å². The molecule has 1 atom stereocenters. The van der Waals surface area contributed by atoms with Crippen molar-refractivity contribution in [3.8, 4) is 5.75 Å². The maximum atomic E-state index is 12.5. The van der Waals surface area contributed by atoms with Crippen molar-refractivity contribution in [2.75, 3.05) is 24.2 Å². The summed E-state index contributed by atoms with van der Waals surface area (Å²) in [4.78, 5) is 12.5. The van der Waals surface area contributed by atoms with Crippen LogP contribution in [0.4, 0.5) is 5.69 Å². The lowest BCUT2D eigenvalue weighted by Gasteiger charge is -2.24. The largest absolute Gasteiger partial charge is 0.496 e. The van der Waals surface area contributed by atoms with Crippen molar-refractivity contribution in [1.82, 2.24) is 5.32 Å². The summed E-state index contributed by atoms with van der Waals surface area (Å²) in [6.07, 6.45) is 1.01. The number of halogens is 2. The zero-order chi connectivity index (χ0) is 20.2. The number of hydrogen-bond acceptors (Lipinski definition) is 4. The van der Waals surface area contributed by atoms with Crippen LogP contribution in [0.3, 0.4) is 0 Å². The SMILES string of the molecule is COc1ccccc1[C@@H](C)NC(=O)CN(c1ccc(Cl)cc1Cl)S(C)(=O)=O. The molecule has 0 saturated heterocycles. The molecule has 0 aliphatic carbocycles. The van der Waals surface area contributed by atoms with Crippen molar-refractivity contribution < 1.29 is 17.9 Å². The van der Waals surface area contributed by atoms with E-state index in [0.717, 1.165) is 16.1 Å². The van der Waals surface area contributed by atoms with E-state index in [2.05, 4.69) is 5.32 Å². The number of ether oxygens (including phenoxy) is 1. The summed E-state index contributed by atoms with van der Waals surface area (Å²) in [7, 11) is -2.20. The van der Waals surface area contributed by atoms with E-state index in [1.165, 1.54) is 18.2 Å². The van der Waals surface area contributed by atoms with Gasteiger partial charge in [-0.3, -0.25) is 9.10 Å². The van der Waals surface area contributed by atoms with Crippen LogP contribution in [0.25, 0.3) is 0 Å². The van der Waals surface area contributed by atoms with Gasteiger partial charge in [0.15, 0.2) is 0 Å². The second-order valence-corrected chi connectivity index (χ2v) is 8.65. The summed E-state index contributed by atoms with van der Waals surface area (Å²) in [6.45, 7) is 1.37. The molecule has 1 amide bonds. The van der Waals surface area contributed by atoms with E-state index in [9.17, 15) is 13.2 Å². The van der Waals surface area contributed by atoms with E-state index in [1.807, 2.05) is 18.2 Å². The average molecular weight is 431 g/mol. The monoisotopic (exact) mass is 430 g/mol. The number of amides is 1. The van der Waals surface area contributed by atoms with Gasteiger partial charge in [0.1, 0.15) is 12.3 Å². The minimum Gasteiger partial charge on any atom is -0.496 e. The molecule has 146 valence electrons. The molecule has 0 fully saturated rings. The molecule has 0 unspecified atom stereocenters. The number of anilines is 1. The lowest BCUT2D eigenvalue weighted by molar-refractivity contribution is -0.120. The van der Waals surface area contributed by atoms with Crippen LogP contribution >= 0.6 is 23.2 Å². The maximum absolute atomic E-state index is 12.5. The van der Waals surface area contributed by atoms with Crippen LogP contribution in [-0.4, -0.2) is 34.2 Å². The summed E-state index contributed by atoms with van der Waals surface area (Å²) >= 11 is 12.0. The predicted octanol–water partition coefficient (Wildman–Crippen LogP) is 3.65. The fourth-order valence-corrected chi connectivity index (χ4v) is 4.01. The molecule has 2 aromatic carbocycles. The third-order valence-corrected chi connectivity index (χ3v) is 5.51. The molecule has 6 nitrogen and oxygen atoms in total. The van der Waals surface area contributed by atoms with E-state index < -0.39 is 22.5 Å². The molecule has 2 aromatic rings. The summed E-state index contributed by atoms with van der Waals surface area (Å²) in [5, 5.41) is 3.28. The first-order valence-electron chi connectivity index (χ1n) is 7.98. The molecule has 0 heterocycles. The Bertz CT molecular complexity index is 935. The van der Waals surface area contributed by atoms with Crippen LogP contribution in [0, 0.1) is 0 Å². The summed E-state index contributed by atoms with van der Waals surface area (Å²) in [5.74, 6) is 0.149. The van der Waals surface area contributed by atoms with Crippen molar-refractivity contribution in [1.29, 1.82) is 0 Å². The molecule has 0 saturated carbocycles. The summed E-state index contributed by atoms with van der Waals surface area (Å²) in [5.41, 5.74) is 0.965. The number of nitrogens with one attached hydrogen (secondary N) is 1. The fraction of sp³-hybridized carbons (Fsp3) is 0.278. The van der Waals surface area contributed by atoms with E-state index in [4.69, 9.17) is 27.9 Å². The second-order valence-electron chi connectivity index (χ2n) is 5.90. The van der Waals surface area contributed by atoms with E-state index in [0.29, 0.717) is 10.8 Å². The smallest absolute Gasteiger partial charge is 0.241 e. The van der Waals surface area contributed by atoms with Gasteiger partial charge in [-0.25, -0.2) is 8.42 Å². The Morgan fingerprint density at radius 3 is 2.48 bits per heavy atom. The minimum atomic E-state index is -3.74. The first-order valence-corrected chi connectivity index (χ1v) is 10.6. The zero-order valence-corrected chi connectivity index (χ0v) is 17.4. The Labute approximate surface area is 169 Å². The number of para-hydroxylation sites is 1. The third-order valence-electron chi connectivity index (χ3n) is 3.85. The van der Waals surface area contributed by atoms with Gasteiger partial charge in [-0.05, 0) is 31.2 Å². The number of nitrogens with zero attached hydrogens (tertiary/aromatic N) is 1. The summed E-state index contributed by atoms with van der Waals surface area (Å²) < 4.78 is 30.6. The first kappa shape index (κ1) is 21.3. The standard InChI is InChI=1S/C18H20Cl2N2O4S/c1-12(14-6-4-5-7-17(14)26-2)21-18(23)11-22(27(3,24)25)16-9-8-13(19)10-15(16)20/h4-10,12H,11H2,1-3H3,(H,21,23)/t12-/m1/s1. The van der Waals surface area contributed by atoms with Crippen molar-refractivity contribution in [2.45, 2.75) is 13.0 Å². The number of benzene rings is 2. The minimum absolute atomic E-state index is 0.138. The van der Waals surface area contributed by atoms with Crippen LogP contribution in [0.2, 0.25) is 10.0 Å². The number of methoxy groups -OCH3 is 1. The molecular formula is C18H20Cl2N2O4S. The van der Waals surface area contributed by atoms with Crippen molar-refractivity contribution in [2.24, 2.45) is 0 Å². The van der Waals surface area contributed by atoms with Crippen molar-refractivity contribution in [3.63, 3.8) is 0 Å². The van der Waals surface area contributed by atoms with Gasteiger partial charge in [-0.15, -0.1) is 0 Å². The van der Waals surface area contributed by atoms with Gasteiger partial charge >= 0.3 is 0 Å². The second kappa shape index (κ2) is 8.82. The Hall–Kier alpha value is -1.96. The van der Waals surface area contributed by atoms with Gasteiger partial charge in [-0.2, -0.15) is 0 Å². The molecule has 0 aromatic heterocycles. The molecule has 0 bridgehead atoms. The quantitative estimate of drug-likeness (QED) is 0.726. The molecule has 27 heavy (non-hydrogen) atoms. The fourth-order valence-electron chi connectivity index (χ4n) is 2.58. The van der Waals surface area contributed by atoms with Crippen LogP contribution in [0.15, 0.2) is 42.5 Å². The lowest BCUT2D eigenvalue weighted by Crippen LogP contribution is -2.41. The molecule has 0 aliphatic rings. The van der Waals surface area contributed by atoms with Crippen molar-refractivity contribution in [3.05, 3.63) is 58.1 Å². The Morgan fingerprint density at radius 1 is 1.22 bits per heavy atom. The van der Waals surface area contributed by atoms with E-state index >= 15 is 0 Å². The number of rotatable bonds is 7. The van der Waals surface area contributed by atoms with E-state index in [1.54, 1.807) is 20.1 Å². The van der Waals surface area contributed by atoms with Gasteiger partial charge in [0.25, 0.3) is 0 Å². The number of hydrogen-bond donors (Lipinski definition) is 1. The number of carbonyl (C=O) groups excluding carboxylic acids is 1. The highest BCUT2D eigenvalue weighted by Gasteiger charge is 2.24. The topological polar surface area (TPSA) is 75.7 Å². The molecule has 9 heteroatoms. The van der Waals surface area contributed by atoms with Gasteiger partial charge in [-0.1, -0.05) is 41.4 Å². The molecule has 0 radical (unpaired) electrons. The number of sulfonamides is 1. The van der Waals surface area contributed by atoms with Gasteiger partial charge in [0, 0.05) is 10.6 Å². The molecule has 0 spiro atoms. The molecule has 2 rings (SSSR count). The highest BCUT2D eigenvalue weighted by molar-refractivity contribution is 7.92. The first-order chi connectivity index (χ1) is 12.6. The molecule has 0 aliphatic heterocycles. The lowest BCUT2D eigenvalue weighted by atomic mass is 10.1. The van der Waals surface area contributed by atoms with Crippen LogP contribution in [-0.2, 0) is 14.8 Å². The average Bonchev–Trinajstić information content (AvgIpc) is 2.59. The van der Waals surface area contributed by atoms with Crippen LogP contribution in [0.1, 0.15) is 18.5 Å². The molecule has 1 N–H and O–H groups in total. The van der Waals surface area contributed by atoms with Gasteiger partial charge in [0.2, 0.25) is 15.9 Å². The van der Waals surface area contributed by atoms with E-state index in [-0.39, 0.29) is 16.8 Å². The van der Waals surface area contributed by atoms with Gasteiger partial charge < -0.3 is 10.1 Å². The highest BCUT2D eigenvalue weighted by atomic mass is 35.5. The normalized spacial score (nSPS) is 12.3. The molecular weight excluding hydrogens is 411 g/mol. The predicted molar refractivity (Wildman–Crippen MR) is 108 cm³/mol. The van der Waals surface area contributed by atoms with Gasteiger partial charge in [0.05, 0.1) is 30.1 Å².